The highest BCUT2D eigenvalue weighted by atomic mass is 32.2. The second kappa shape index (κ2) is 5.51. The van der Waals surface area contributed by atoms with Crippen LogP contribution in [0.15, 0.2) is 12.1 Å². The van der Waals surface area contributed by atoms with E-state index in [2.05, 4.69) is 5.32 Å². The van der Waals surface area contributed by atoms with Crippen LogP contribution in [-0.2, 0) is 0 Å². The number of hydrogen-bond acceptors (Lipinski definition) is 4. The zero-order valence-corrected chi connectivity index (χ0v) is 10.3. The van der Waals surface area contributed by atoms with Crippen molar-refractivity contribution in [1.82, 2.24) is 0 Å². The van der Waals surface area contributed by atoms with Crippen LogP contribution in [0.3, 0.4) is 0 Å². The van der Waals surface area contributed by atoms with Gasteiger partial charge < -0.3 is 5.32 Å². The number of hydrogen-bond donors (Lipinski definition) is 1. The molecule has 1 saturated heterocycles. The predicted octanol–water partition coefficient (Wildman–Crippen LogP) is 3.18. The monoisotopic (exact) mass is 274 g/mol. The van der Waals surface area contributed by atoms with E-state index in [1.54, 1.807) is 11.8 Å². The lowest BCUT2D eigenvalue weighted by atomic mass is 10.1. The number of halogens is 2. The van der Waals surface area contributed by atoms with Crippen molar-refractivity contribution >= 4 is 23.1 Å². The van der Waals surface area contributed by atoms with Gasteiger partial charge in [-0.3, -0.25) is 10.1 Å². The summed E-state index contributed by atoms with van der Waals surface area (Å²) < 4.78 is 26.5. The third-order valence-electron chi connectivity index (χ3n) is 2.79. The van der Waals surface area contributed by atoms with Crippen LogP contribution in [0.25, 0.3) is 0 Å². The molecule has 18 heavy (non-hydrogen) atoms. The molecule has 0 aromatic heterocycles. The summed E-state index contributed by atoms with van der Waals surface area (Å²) in [5, 5.41) is 13.7. The first kappa shape index (κ1) is 13.1. The molecule has 98 valence electrons. The SMILES string of the molecule is O=[N+]([O-])c1c(F)cc(F)cc1NC1CCSCC1. The van der Waals surface area contributed by atoms with Gasteiger partial charge >= 0.3 is 5.69 Å². The molecule has 1 aromatic carbocycles. The highest BCUT2D eigenvalue weighted by molar-refractivity contribution is 7.99. The highest BCUT2D eigenvalue weighted by Crippen LogP contribution is 2.31. The lowest BCUT2D eigenvalue weighted by Gasteiger charge is -2.23. The first-order chi connectivity index (χ1) is 8.58. The van der Waals surface area contributed by atoms with Gasteiger partial charge in [-0.25, -0.2) is 4.39 Å². The van der Waals surface area contributed by atoms with Gasteiger partial charge in [0.15, 0.2) is 0 Å². The second-order valence-electron chi connectivity index (χ2n) is 4.07. The molecular formula is C11H12F2N2O2S. The van der Waals surface area contributed by atoms with Gasteiger partial charge in [-0.2, -0.15) is 16.2 Å². The maximum absolute atomic E-state index is 13.4. The van der Waals surface area contributed by atoms with Gasteiger partial charge in [0.2, 0.25) is 5.82 Å². The minimum atomic E-state index is -1.15. The van der Waals surface area contributed by atoms with E-state index in [1.165, 1.54) is 0 Å². The van der Waals surface area contributed by atoms with Gasteiger partial charge in [0, 0.05) is 18.2 Å². The average Bonchev–Trinajstić information content (AvgIpc) is 2.28. The molecular weight excluding hydrogens is 262 g/mol. The van der Waals surface area contributed by atoms with E-state index in [9.17, 15) is 18.9 Å². The lowest BCUT2D eigenvalue weighted by molar-refractivity contribution is -0.386. The Bertz CT molecular complexity index is 465. The molecule has 7 heteroatoms. The van der Waals surface area contributed by atoms with Crippen molar-refractivity contribution in [2.45, 2.75) is 18.9 Å². The van der Waals surface area contributed by atoms with Crippen molar-refractivity contribution in [3.05, 3.63) is 33.9 Å². The van der Waals surface area contributed by atoms with E-state index >= 15 is 0 Å². The molecule has 4 nitrogen and oxygen atoms in total. The smallest absolute Gasteiger partial charge is 0.327 e. The lowest BCUT2D eigenvalue weighted by Crippen LogP contribution is -2.25. The molecule has 0 unspecified atom stereocenters. The average molecular weight is 274 g/mol. The fourth-order valence-corrected chi connectivity index (χ4v) is 3.03. The maximum atomic E-state index is 13.4. The molecule has 1 aliphatic heterocycles. The second-order valence-corrected chi connectivity index (χ2v) is 5.30. The first-order valence-electron chi connectivity index (χ1n) is 5.55. The normalized spacial score (nSPS) is 16.6. The highest BCUT2D eigenvalue weighted by Gasteiger charge is 2.24. The van der Waals surface area contributed by atoms with E-state index in [-0.39, 0.29) is 11.7 Å². The van der Waals surface area contributed by atoms with E-state index in [1.807, 2.05) is 0 Å². The van der Waals surface area contributed by atoms with Crippen LogP contribution in [0.4, 0.5) is 20.2 Å². The van der Waals surface area contributed by atoms with E-state index in [0.29, 0.717) is 6.07 Å². The third-order valence-corrected chi connectivity index (χ3v) is 3.84. The Hall–Kier alpha value is -1.37. The molecule has 0 atom stereocenters. The molecule has 1 aromatic rings. The summed E-state index contributed by atoms with van der Waals surface area (Å²) in [6.45, 7) is 0. The Labute approximate surface area is 107 Å². The molecule has 0 aliphatic carbocycles. The summed E-state index contributed by atoms with van der Waals surface area (Å²) in [4.78, 5) is 9.97. The Morgan fingerprint density at radius 2 is 2.00 bits per heavy atom. The molecule has 1 N–H and O–H groups in total. The molecule has 1 aliphatic rings. The topological polar surface area (TPSA) is 55.2 Å². The Balaban J connectivity index is 2.27. The van der Waals surface area contributed by atoms with Gasteiger partial charge in [0.25, 0.3) is 0 Å². The molecule has 1 heterocycles. The predicted molar refractivity (Wildman–Crippen MR) is 67.0 cm³/mol. The zero-order chi connectivity index (χ0) is 13.1. The van der Waals surface area contributed by atoms with Crippen molar-refractivity contribution in [1.29, 1.82) is 0 Å². The number of rotatable bonds is 3. The van der Waals surface area contributed by atoms with Crippen LogP contribution in [0.2, 0.25) is 0 Å². The third kappa shape index (κ3) is 2.90. The molecule has 1 fully saturated rings. The van der Waals surface area contributed by atoms with Gasteiger partial charge in [-0.05, 0) is 24.3 Å². The largest absolute Gasteiger partial charge is 0.377 e. The standard InChI is InChI=1S/C11H12F2N2O2S/c12-7-5-9(13)11(15(16)17)10(6-7)14-8-1-3-18-4-2-8/h5-6,8,14H,1-4H2. The number of nitrogens with one attached hydrogen (secondary N) is 1. The summed E-state index contributed by atoms with van der Waals surface area (Å²) in [7, 11) is 0. The van der Waals surface area contributed by atoms with E-state index in [0.717, 1.165) is 30.4 Å². The first-order valence-corrected chi connectivity index (χ1v) is 6.71. The number of nitro groups is 1. The summed E-state index contributed by atoms with van der Waals surface area (Å²) in [5.74, 6) is -0.0644. The van der Waals surface area contributed by atoms with Crippen LogP contribution < -0.4 is 5.32 Å². The Morgan fingerprint density at radius 3 is 2.61 bits per heavy atom. The summed E-state index contributed by atoms with van der Waals surface area (Å²) in [6.07, 6.45) is 1.67. The molecule has 2 rings (SSSR count). The van der Waals surface area contributed by atoms with Crippen molar-refractivity contribution < 1.29 is 13.7 Å². The fraction of sp³-hybridized carbons (Fsp3) is 0.455. The summed E-state index contributed by atoms with van der Waals surface area (Å²) in [5.41, 5.74) is -0.760. The maximum Gasteiger partial charge on any atom is 0.327 e. The van der Waals surface area contributed by atoms with Crippen LogP contribution in [0, 0.1) is 21.7 Å². The van der Waals surface area contributed by atoms with Gasteiger partial charge in [0.05, 0.1) is 4.92 Å². The molecule has 0 amide bonds. The summed E-state index contributed by atoms with van der Waals surface area (Å²) >= 11 is 1.80. The molecule has 0 spiro atoms. The Morgan fingerprint density at radius 1 is 1.33 bits per heavy atom. The fourth-order valence-electron chi connectivity index (χ4n) is 1.92. The minimum Gasteiger partial charge on any atom is -0.377 e. The molecule has 0 bridgehead atoms. The van der Waals surface area contributed by atoms with Gasteiger partial charge in [-0.15, -0.1) is 0 Å². The van der Waals surface area contributed by atoms with Crippen molar-refractivity contribution in [2.75, 3.05) is 16.8 Å². The number of benzene rings is 1. The van der Waals surface area contributed by atoms with Crippen molar-refractivity contribution in [2.24, 2.45) is 0 Å². The quantitative estimate of drug-likeness (QED) is 0.679. The van der Waals surface area contributed by atoms with Crippen LogP contribution in [-0.4, -0.2) is 22.5 Å². The van der Waals surface area contributed by atoms with Crippen molar-refractivity contribution in [3.63, 3.8) is 0 Å². The van der Waals surface area contributed by atoms with E-state index < -0.39 is 22.2 Å². The number of thioether (sulfide) groups is 1. The van der Waals surface area contributed by atoms with Crippen LogP contribution in [0.5, 0.6) is 0 Å². The zero-order valence-electron chi connectivity index (χ0n) is 9.49. The number of nitro benzene ring substituents is 1. The summed E-state index contributed by atoms with van der Waals surface area (Å²) in [6, 6.07) is 1.54. The molecule has 0 radical (unpaired) electrons. The number of anilines is 1. The van der Waals surface area contributed by atoms with Crippen molar-refractivity contribution in [3.8, 4) is 0 Å². The Kier molecular flexibility index (Phi) is 4.00. The van der Waals surface area contributed by atoms with Gasteiger partial charge in [0.1, 0.15) is 11.5 Å². The molecule has 0 saturated carbocycles. The van der Waals surface area contributed by atoms with E-state index in [4.69, 9.17) is 0 Å². The minimum absolute atomic E-state index is 0.0335. The number of nitrogens with zero attached hydrogens (tertiary/aromatic N) is 1. The van der Waals surface area contributed by atoms with Crippen LogP contribution >= 0.6 is 11.8 Å². The van der Waals surface area contributed by atoms with Gasteiger partial charge in [-0.1, -0.05) is 0 Å². The van der Waals surface area contributed by atoms with Crippen LogP contribution in [0.1, 0.15) is 12.8 Å².